The van der Waals surface area contributed by atoms with Gasteiger partial charge in [0, 0.05) is 19.3 Å². The van der Waals surface area contributed by atoms with Crippen molar-refractivity contribution in [2.75, 3.05) is 13.2 Å². The highest BCUT2D eigenvalue weighted by Gasteiger charge is 2.19. The third kappa shape index (κ3) is 53.2. The predicted molar refractivity (Wildman–Crippen MR) is 288 cm³/mol. The van der Waals surface area contributed by atoms with Crippen LogP contribution in [-0.2, 0) is 28.6 Å². The SMILES string of the molecule is CCCCC/C=C\C=C/CCCCCCCCCCCCC(=O)OCC(COC(=O)CC/C=C\C/C=C\CCCCCCCC)OC(=O)CCC/C=C\C/C=C\C/C=C\C/C=C\CCCCC. The zero-order valence-corrected chi connectivity index (χ0v) is 43.6. The molecule has 0 aromatic heterocycles. The third-order valence-corrected chi connectivity index (χ3v) is 11.6. The fraction of sp³-hybridized carbons (Fsp3) is 0.689. The predicted octanol–water partition coefficient (Wildman–Crippen LogP) is 18.5. The number of allylic oxidation sites excluding steroid dienone is 16. The number of carbonyl (C=O) groups excluding carboxylic acids is 3. The van der Waals surface area contributed by atoms with E-state index >= 15 is 0 Å². The zero-order valence-electron chi connectivity index (χ0n) is 43.6. The van der Waals surface area contributed by atoms with Crippen LogP contribution in [0.2, 0.25) is 0 Å². The molecule has 382 valence electrons. The summed E-state index contributed by atoms with van der Waals surface area (Å²) in [6.07, 6.45) is 72.7. The minimum Gasteiger partial charge on any atom is -0.462 e. The molecule has 0 rings (SSSR count). The lowest BCUT2D eigenvalue weighted by molar-refractivity contribution is -0.166. The highest BCUT2D eigenvalue weighted by atomic mass is 16.6. The van der Waals surface area contributed by atoms with E-state index in [4.69, 9.17) is 14.2 Å². The summed E-state index contributed by atoms with van der Waals surface area (Å²) < 4.78 is 16.7. The lowest BCUT2D eigenvalue weighted by atomic mass is 10.1. The third-order valence-electron chi connectivity index (χ3n) is 11.6. The molecule has 0 saturated carbocycles. The summed E-state index contributed by atoms with van der Waals surface area (Å²) in [5.41, 5.74) is 0. The lowest BCUT2D eigenvalue weighted by Crippen LogP contribution is -2.30. The second-order valence-electron chi connectivity index (χ2n) is 18.2. The van der Waals surface area contributed by atoms with Crippen molar-refractivity contribution < 1.29 is 28.6 Å². The Kier molecular flexibility index (Phi) is 51.9. The van der Waals surface area contributed by atoms with E-state index in [9.17, 15) is 14.4 Å². The molecule has 1 unspecified atom stereocenters. The van der Waals surface area contributed by atoms with Crippen molar-refractivity contribution in [3.63, 3.8) is 0 Å². The molecule has 0 N–H and O–H groups in total. The molecule has 0 aliphatic carbocycles. The molecule has 0 aliphatic heterocycles. The molecule has 67 heavy (non-hydrogen) atoms. The number of hydrogen-bond donors (Lipinski definition) is 0. The van der Waals surface area contributed by atoms with Crippen LogP contribution in [-0.4, -0.2) is 37.2 Å². The summed E-state index contributed by atoms with van der Waals surface area (Å²) >= 11 is 0. The first-order chi connectivity index (χ1) is 33.0. The van der Waals surface area contributed by atoms with Crippen molar-refractivity contribution >= 4 is 17.9 Å². The van der Waals surface area contributed by atoms with Gasteiger partial charge in [0.25, 0.3) is 0 Å². The molecular weight excluding hydrogens is 829 g/mol. The smallest absolute Gasteiger partial charge is 0.306 e. The van der Waals surface area contributed by atoms with E-state index < -0.39 is 6.10 Å². The van der Waals surface area contributed by atoms with Crippen LogP contribution in [0.25, 0.3) is 0 Å². The molecule has 0 bridgehead atoms. The lowest BCUT2D eigenvalue weighted by Gasteiger charge is -2.18. The number of carbonyl (C=O) groups is 3. The maximum atomic E-state index is 12.8. The topological polar surface area (TPSA) is 78.9 Å². The summed E-state index contributed by atoms with van der Waals surface area (Å²) in [5.74, 6) is -1.05. The van der Waals surface area contributed by atoms with E-state index in [2.05, 4.69) is 112 Å². The van der Waals surface area contributed by atoms with Gasteiger partial charge in [-0.2, -0.15) is 0 Å². The van der Waals surface area contributed by atoms with Gasteiger partial charge in [-0.1, -0.05) is 227 Å². The van der Waals surface area contributed by atoms with Gasteiger partial charge in [-0.3, -0.25) is 14.4 Å². The van der Waals surface area contributed by atoms with Crippen molar-refractivity contribution in [1.29, 1.82) is 0 Å². The van der Waals surface area contributed by atoms with Crippen molar-refractivity contribution in [3.8, 4) is 0 Å². The standard InChI is InChI=1S/C61H102O6/c1-4-7-10-13-16-19-22-25-27-29-30-32-33-36-39-42-45-48-51-54-60(63)66-57-58(56-65-59(62)53-50-47-44-41-38-35-24-21-18-15-12-9-6-3)67-61(64)55-52-49-46-43-40-37-34-31-28-26-23-20-17-14-11-8-5-2/h16-17,19-20,22,25-26,28,34-35,37-38,43-44,46-47,58H,4-15,18,21,23-24,27,29-33,36,39-42,45,48-57H2,1-3H3/b19-16-,20-17-,25-22-,28-26-,37-34-,38-35-,46-43-,47-44-. The Balaban J connectivity index is 4.51. The molecule has 0 aromatic rings. The number of rotatable bonds is 49. The van der Waals surface area contributed by atoms with E-state index in [0.717, 1.165) is 57.8 Å². The molecule has 0 radical (unpaired) electrons. The number of esters is 3. The Morgan fingerprint density at radius 2 is 0.627 bits per heavy atom. The Hall–Kier alpha value is -3.67. The summed E-state index contributed by atoms with van der Waals surface area (Å²) in [6.45, 7) is 6.47. The normalized spacial score (nSPS) is 12.8. The molecule has 0 spiro atoms. The largest absolute Gasteiger partial charge is 0.462 e. The highest BCUT2D eigenvalue weighted by molar-refractivity contribution is 5.71. The van der Waals surface area contributed by atoms with Crippen LogP contribution in [0.3, 0.4) is 0 Å². The second-order valence-corrected chi connectivity index (χ2v) is 18.2. The highest BCUT2D eigenvalue weighted by Crippen LogP contribution is 2.14. The van der Waals surface area contributed by atoms with Crippen molar-refractivity contribution in [3.05, 3.63) is 97.2 Å². The summed E-state index contributed by atoms with van der Waals surface area (Å²) in [6, 6.07) is 0. The van der Waals surface area contributed by atoms with Gasteiger partial charge in [0.2, 0.25) is 0 Å². The molecular formula is C61H102O6. The van der Waals surface area contributed by atoms with Gasteiger partial charge in [0.15, 0.2) is 6.10 Å². The molecule has 0 fully saturated rings. The number of unbranched alkanes of at least 4 members (excludes halogenated alkanes) is 23. The van der Waals surface area contributed by atoms with Crippen molar-refractivity contribution in [1.82, 2.24) is 0 Å². The molecule has 0 heterocycles. The van der Waals surface area contributed by atoms with Gasteiger partial charge in [-0.25, -0.2) is 0 Å². The summed E-state index contributed by atoms with van der Waals surface area (Å²) in [4.78, 5) is 38.0. The second kappa shape index (κ2) is 54.9. The van der Waals surface area contributed by atoms with E-state index in [0.29, 0.717) is 19.3 Å². The van der Waals surface area contributed by atoms with E-state index in [1.165, 1.54) is 141 Å². The summed E-state index contributed by atoms with van der Waals surface area (Å²) in [7, 11) is 0. The molecule has 1 atom stereocenters. The Morgan fingerprint density at radius 3 is 1.09 bits per heavy atom. The van der Waals surface area contributed by atoms with Gasteiger partial charge >= 0.3 is 17.9 Å². The van der Waals surface area contributed by atoms with Crippen LogP contribution in [0, 0.1) is 0 Å². The van der Waals surface area contributed by atoms with E-state index in [1.807, 2.05) is 6.08 Å². The van der Waals surface area contributed by atoms with Gasteiger partial charge in [0.05, 0.1) is 0 Å². The minimum atomic E-state index is -0.831. The van der Waals surface area contributed by atoms with Crippen LogP contribution in [0.4, 0.5) is 0 Å². The molecule has 6 nitrogen and oxygen atoms in total. The first-order valence-electron chi connectivity index (χ1n) is 27.8. The Morgan fingerprint density at radius 1 is 0.313 bits per heavy atom. The fourth-order valence-corrected chi connectivity index (χ4v) is 7.36. The first kappa shape index (κ1) is 63.3. The van der Waals surface area contributed by atoms with Crippen molar-refractivity contribution in [2.24, 2.45) is 0 Å². The zero-order chi connectivity index (χ0) is 48.6. The van der Waals surface area contributed by atoms with Crippen molar-refractivity contribution in [2.45, 2.75) is 258 Å². The molecule has 6 heteroatoms. The number of ether oxygens (including phenoxy) is 3. The molecule has 0 aromatic carbocycles. The average molecular weight is 931 g/mol. The van der Waals surface area contributed by atoms with Crippen LogP contribution >= 0.6 is 0 Å². The van der Waals surface area contributed by atoms with E-state index in [-0.39, 0.29) is 44.0 Å². The van der Waals surface area contributed by atoms with Gasteiger partial charge in [0.1, 0.15) is 13.2 Å². The van der Waals surface area contributed by atoms with Gasteiger partial charge in [-0.05, 0) is 103 Å². The molecule has 0 saturated heterocycles. The Bertz CT molecular complexity index is 1350. The first-order valence-corrected chi connectivity index (χ1v) is 27.8. The number of hydrogen-bond acceptors (Lipinski definition) is 6. The minimum absolute atomic E-state index is 0.119. The monoisotopic (exact) mass is 931 g/mol. The van der Waals surface area contributed by atoms with Crippen LogP contribution in [0.1, 0.15) is 252 Å². The quantitative estimate of drug-likeness (QED) is 0.0199. The van der Waals surface area contributed by atoms with Crippen LogP contribution in [0.15, 0.2) is 97.2 Å². The van der Waals surface area contributed by atoms with Crippen LogP contribution < -0.4 is 0 Å². The van der Waals surface area contributed by atoms with Gasteiger partial charge in [-0.15, -0.1) is 0 Å². The van der Waals surface area contributed by atoms with Gasteiger partial charge < -0.3 is 14.2 Å². The van der Waals surface area contributed by atoms with Crippen LogP contribution in [0.5, 0.6) is 0 Å². The fourth-order valence-electron chi connectivity index (χ4n) is 7.36. The summed E-state index contributed by atoms with van der Waals surface area (Å²) in [5, 5.41) is 0. The maximum Gasteiger partial charge on any atom is 0.306 e. The molecule has 0 amide bonds. The average Bonchev–Trinajstić information content (AvgIpc) is 3.33. The van der Waals surface area contributed by atoms with E-state index in [1.54, 1.807) is 0 Å². The Labute approximate surface area is 413 Å². The maximum absolute atomic E-state index is 12.8. The molecule has 0 aliphatic rings.